The number of nitrogens with zero attached hydrogens (tertiary/aromatic N) is 1. The normalized spacial score (nSPS) is 13.4. The maximum Gasteiger partial charge on any atom is 0.440 e. The van der Waals surface area contributed by atoms with E-state index in [0.717, 1.165) is 66.1 Å². The van der Waals surface area contributed by atoms with Crippen molar-refractivity contribution in [3.8, 4) is 5.75 Å². The van der Waals surface area contributed by atoms with Crippen LogP contribution in [0, 0.1) is 0 Å². The van der Waals surface area contributed by atoms with Gasteiger partial charge >= 0.3 is 6.80 Å². The van der Waals surface area contributed by atoms with Crippen LogP contribution in [0.15, 0.2) is 42.5 Å². The van der Waals surface area contributed by atoms with E-state index in [9.17, 15) is 4.57 Å². The summed E-state index contributed by atoms with van der Waals surface area (Å²) < 4.78 is 25.5. The lowest BCUT2D eigenvalue weighted by Gasteiger charge is -2.19. The van der Waals surface area contributed by atoms with Crippen molar-refractivity contribution in [1.82, 2.24) is 4.98 Å². The molecule has 0 aliphatic carbocycles. The van der Waals surface area contributed by atoms with Crippen molar-refractivity contribution in [3.05, 3.63) is 48.0 Å². The van der Waals surface area contributed by atoms with E-state index in [4.69, 9.17) is 14.0 Å². The lowest BCUT2D eigenvalue weighted by Crippen LogP contribution is -1.99. The van der Waals surface area contributed by atoms with Crippen LogP contribution >= 0.6 is 18.2 Å². The molecular weight excluding hydrogens is 461 g/mol. The summed E-state index contributed by atoms with van der Waals surface area (Å²) in [5.41, 5.74) is 3.02. The summed E-state index contributed by atoms with van der Waals surface area (Å²) in [6, 6.07) is 14.5. The minimum absolute atomic E-state index is 0.455. The van der Waals surface area contributed by atoms with Crippen molar-refractivity contribution >= 4 is 40.0 Å². The fourth-order valence-corrected chi connectivity index (χ4v) is 7.38. The summed E-state index contributed by atoms with van der Waals surface area (Å²) >= 11 is 1.29. The fraction of sp³-hybridized carbons (Fsp3) is 0.536. The number of rotatable bonds is 16. The Hall–Kier alpha value is -1.55. The van der Waals surface area contributed by atoms with Crippen molar-refractivity contribution in [1.29, 1.82) is 0 Å². The molecule has 2 aromatic carbocycles. The molecule has 0 saturated heterocycles. The molecule has 0 aliphatic rings. The van der Waals surface area contributed by atoms with Gasteiger partial charge in [-0.15, -0.1) is 0 Å². The van der Waals surface area contributed by atoms with Gasteiger partial charge in [-0.2, -0.15) is 0 Å². The predicted molar refractivity (Wildman–Crippen MR) is 148 cm³/mol. The van der Waals surface area contributed by atoms with Crippen molar-refractivity contribution in [2.45, 2.75) is 85.0 Å². The monoisotopic (exact) mass is 501 g/mol. The zero-order valence-electron chi connectivity index (χ0n) is 21.1. The van der Waals surface area contributed by atoms with E-state index in [1.54, 1.807) is 0 Å². The molecule has 186 valence electrons. The maximum absolute atomic E-state index is 13.6. The Kier molecular flexibility index (Phi) is 11.2. The fourth-order valence-electron chi connectivity index (χ4n) is 3.99. The minimum atomic E-state index is -3.32. The average Bonchev–Trinajstić information content (AvgIpc) is 2.84. The molecule has 6 heteroatoms. The zero-order valence-corrected chi connectivity index (χ0v) is 22.8. The summed E-state index contributed by atoms with van der Waals surface area (Å²) in [5, 5.41) is 2.12. The molecule has 0 bridgehead atoms. The highest BCUT2D eigenvalue weighted by Gasteiger charge is 2.28. The highest BCUT2D eigenvalue weighted by Crippen LogP contribution is 2.60. The number of pyridine rings is 1. The van der Waals surface area contributed by atoms with Crippen LogP contribution in [0.25, 0.3) is 21.8 Å². The van der Waals surface area contributed by atoms with Gasteiger partial charge in [-0.05, 0) is 66.9 Å². The molecule has 34 heavy (non-hydrogen) atoms. The van der Waals surface area contributed by atoms with Crippen LogP contribution in [0.4, 0.5) is 0 Å². The van der Waals surface area contributed by atoms with E-state index >= 15 is 0 Å². The molecule has 3 aromatic rings. The number of para-hydroxylation sites is 1. The molecule has 1 heterocycles. The van der Waals surface area contributed by atoms with Crippen LogP contribution in [-0.2, 0) is 15.5 Å². The minimum Gasteiger partial charge on any atom is -0.415 e. The van der Waals surface area contributed by atoms with E-state index in [0.29, 0.717) is 12.4 Å². The molecule has 0 aliphatic heterocycles. The van der Waals surface area contributed by atoms with Gasteiger partial charge in [0.1, 0.15) is 5.52 Å². The van der Waals surface area contributed by atoms with Gasteiger partial charge in [0.2, 0.25) is 0 Å². The first-order chi connectivity index (χ1) is 16.6. The summed E-state index contributed by atoms with van der Waals surface area (Å²) in [7, 11) is 0. The molecule has 1 aromatic heterocycles. The lowest BCUT2D eigenvalue weighted by atomic mass is 10.0. The van der Waals surface area contributed by atoms with Gasteiger partial charge in [-0.1, -0.05) is 77.5 Å². The van der Waals surface area contributed by atoms with Crippen molar-refractivity contribution in [3.63, 3.8) is 0 Å². The summed E-state index contributed by atoms with van der Waals surface area (Å²) in [5.74, 6) is 1.26. The molecule has 0 radical (unpaired) electrons. The first-order valence-electron chi connectivity index (χ1n) is 13.0. The van der Waals surface area contributed by atoms with E-state index in [1.165, 1.54) is 42.6 Å². The number of fused-ring (bicyclic) bond motifs is 2. The van der Waals surface area contributed by atoms with Gasteiger partial charge < -0.3 is 4.52 Å². The lowest BCUT2D eigenvalue weighted by molar-refractivity contribution is 0.273. The number of unbranched alkanes of at least 4 members (excludes halogenated alkanes) is 6. The molecule has 1 unspecified atom stereocenters. The van der Waals surface area contributed by atoms with Gasteiger partial charge in [0, 0.05) is 16.5 Å². The summed E-state index contributed by atoms with van der Waals surface area (Å²) in [4.78, 5) is 4.90. The third kappa shape index (κ3) is 8.00. The maximum atomic E-state index is 13.6. The van der Waals surface area contributed by atoms with Gasteiger partial charge in [0.25, 0.3) is 0 Å². The molecule has 4 nitrogen and oxygen atoms in total. The Morgan fingerprint density at radius 3 is 2.41 bits per heavy atom. The topological polar surface area (TPSA) is 48.4 Å². The molecular formula is C28H40NO3PS. The number of aryl methyl sites for hydroxylation is 1. The smallest absolute Gasteiger partial charge is 0.415 e. The second-order valence-electron chi connectivity index (χ2n) is 8.92. The third-order valence-electron chi connectivity index (χ3n) is 5.90. The van der Waals surface area contributed by atoms with Crippen molar-refractivity contribution < 1.29 is 13.6 Å². The Morgan fingerprint density at radius 2 is 1.65 bits per heavy atom. The Balaban J connectivity index is 1.81. The molecule has 3 rings (SSSR count). The average molecular weight is 502 g/mol. The van der Waals surface area contributed by atoms with Gasteiger partial charge in [0.05, 0.1) is 12.1 Å². The van der Waals surface area contributed by atoms with Crippen LogP contribution in [0.2, 0.25) is 0 Å². The highest BCUT2D eigenvalue weighted by molar-refractivity contribution is 8.55. The first-order valence-corrected chi connectivity index (χ1v) is 16.1. The zero-order chi connectivity index (χ0) is 24.2. The van der Waals surface area contributed by atoms with Gasteiger partial charge in [0.15, 0.2) is 5.75 Å². The largest absolute Gasteiger partial charge is 0.440 e. The van der Waals surface area contributed by atoms with E-state index in [2.05, 4.69) is 45.0 Å². The van der Waals surface area contributed by atoms with E-state index in [-0.39, 0.29) is 0 Å². The van der Waals surface area contributed by atoms with Crippen molar-refractivity contribution in [2.75, 3.05) is 12.4 Å². The number of hydrogen-bond donors (Lipinski definition) is 0. The SMILES string of the molecule is CCCCCCOP(=O)(Oc1cccc2cc3cc(CCCCCC)ccc3nc12)SCCC. The number of hydrogen-bond acceptors (Lipinski definition) is 5. The van der Waals surface area contributed by atoms with E-state index in [1.807, 2.05) is 18.2 Å². The molecule has 1 atom stereocenters. The van der Waals surface area contributed by atoms with Crippen LogP contribution in [0.5, 0.6) is 5.75 Å². The quantitative estimate of drug-likeness (QED) is 0.111. The molecule has 0 saturated carbocycles. The Bertz CT molecular complexity index is 1090. The van der Waals surface area contributed by atoms with E-state index < -0.39 is 6.80 Å². The summed E-state index contributed by atoms with van der Waals surface area (Å²) in [6.07, 6.45) is 11.4. The number of benzene rings is 2. The summed E-state index contributed by atoms with van der Waals surface area (Å²) in [6.45, 7) is 3.63. The molecule has 0 N–H and O–H groups in total. The van der Waals surface area contributed by atoms with Gasteiger partial charge in [-0.25, -0.2) is 9.55 Å². The molecule has 0 spiro atoms. The second-order valence-corrected chi connectivity index (χ2v) is 13.0. The Labute approximate surface area is 209 Å². The molecule has 0 amide bonds. The second kappa shape index (κ2) is 14.1. The van der Waals surface area contributed by atoms with Crippen molar-refractivity contribution in [2.24, 2.45) is 0 Å². The van der Waals surface area contributed by atoms with Crippen LogP contribution in [0.3, 0.4) is 0 Å². The van der Waals surface area contributed by atoms with Crippen LogP contribution in [0.1, 0.15) is 84.1 Å². The van der Waals surface area contributed by atoms with Crippen LogP contribution < -0.4 is 4.52 Å². The predicted octanol–water partition coefficient (Wildman–Crippen LogP) is 9.74. The standard InChI is InChI=1S/C28H40NO3PS/c1-4-7-9-11-14-23-17-18-26-25(21-23)22-24-15-13-16-27(28(24)29-26)32-33(30,34-20-6-3)31-19-12-10-8-5-2/h13,15-18,21-22H,4-12,14,19-20H2,1-3H3. The highest BCUT2D eigenvalue weighted by atomic mass is 32.7. The first kappa shape index (κ1) is 27.0. The Morgan fingerprint density at radius 1 is 0.853 bits per heavy atom. The number of aromatic nitrogens is 1. The molecule has 0 fully saturated rings. The van der Waals surface area contributed by atoms with Crippen LogP contribution in [-0.4, -0.2) is 17.3 Å². The third-order valence-corrected chi connectivity index (χ3v) is 9.76. The van der Waals surface area contributed by atoms with Gasteiger partial charge in [-0.3, -0.25) is 4.52 Å².